The zero-order valence-electron chi connectivity index (χ0n) is 36.1. The molecule has 4 aliphatic heterocycles. The van der Waals surface area contributed by atoms with E-state index in [0.29, 0.717) is 73.0 Å². The highest BCUT2D eigenvalue weighted by Crippen LogP contribution is 2.42. The lowest BCUT2D eigenvalue weighted by atomic mass is 10.0. The molecule has 4 heterocycles. The van der Waals surface area contributed by atoms with Gasteiger partial charge in [0.1, 0.15) is 12.6 Å². The SMILES string of the molecule is COc1cc2c(cc1OCCCCCOc1cc3c(cc1OC)C(=O)N1CC[C@H]1[C@H](O)N3C(=O)OCc1ccc(NC(=O)[C@H](C)NC(=O)[C@@H](N)C(C)C)cc1)N=C[C@@H]1CCN1C2=O. The summed E-state index contributed by atoms with van der Waals surface area (Å²) in [6.45, 7) is 6.80. The van der Waals surface area contributed by atoms with Crippen LogP contribution in [0.15, 0.2) is 53.5 Å². The van der Waals surface area contributed by atoms with Gasteiger partial charge in [0.15, 0.2) is 29.2 Å². The predicted octanol–water partition coefficient (Wildman–Crippen LogP) is 4.38. The highest BCUT2D eigenvalue weighted by atomic mass is 16.6. The molecule has 18 nitrogen and oxygen atoms in total. The highest BCUT2D eigenvalue weighted by Gasteiger charge is 2.47. The molecule has 0 saturated carbocycles. The molecule has 18 heteroatoms. The number of carbonyl (C=O) groups is 5. The Kier molecular flexibility index (Phi) is 13.7. The second-order valence-corrected chi connectivity index (χ2v) is 16.3. The summed E-state index contributed by atoms with van der Waals surface area (Å²) >= 11 is 0. The molecule has 2 saturated heterocycles. The molecule has 336 valence electrons. The van der Waals surface area contributed by atoms with Gasteiger partial charge in [-0.25, -0.2) is 9.69 Å². The van der Waals surface area contributed by atoms with Crippen molar-refractivity contribution in [1.29, 1.82) is 0 Å². The second kappa shape index (κ2) is 19.3. The van der Waals surface area contributed by atoms with Crippen LogP contribution in [-0.4, -0.2) is 122 Å². The lowest BCUT2D eigenvalue weighted by Crippen LogP contribution is -2.60. The van der Waals surface area contributed by atoms with Crippen LogP contribution in [0.3, 0.4) is 0 Å². The van der Waals surface area contributed by atoms with Gasteiger partial charge in [0, 0.05) is 37.1 Å². The maximum atomic E-state index is 13.8. The lowest BCUT2D eigenvalue weighted by molar-refractivity contribution is -0.127. The van der Waals surface area contributed by atoms with E-state index in [1.54, 1.807) is 54.4 Å². The Morgan fingerprint density at radius 3 is 2.06 bits per heavy atom. The van der Waals surface area contributed by atoms with Gasteiger partial charge >= 0.3 is 6.09 Å². The molecule has 0 bridgehead atoms. The van der Waals surface area contributed by atoms with E-state index in [0.717, 1.165) is 17.7 Å². The van der Waals surface area contributed by atoms with Crippen LogP contribution < -0.4 is 40.2 Å². The van der Waals surface area contributed by atoms with Crippen LogP contribution in [0.1, 0.15) is 79.2 Å². The lowest BCUT2D eigenvalue weighted by Gasteiger charge is -2.43. The second-order valence-electron chi connectivity index (χ2n) is 16.3. The van der Waals surface area contributed by atoms with Crippen LogP contribution >= 0.6 is 0 Å². The number of aliphatic hydroxyl groups excluding tert-OH is 1. The van der Waals surface area contributed by atoms with E-state index >= 15 is 0 Å². The Balaban J connectivity index is 0.950. The van der Waals surface area contributed by atoms with Crippen molar-refractivity contribution < 1.29 is 52.8 Å². The van der Waals surface area contributed by atoms with Gasteiger partial charge in [-0.1, -0.05) is 26.0 Å². The Labute approximate surface area is 365 Å². The van der Waals surface area contributed by atoms with E-state index in [4.69, 9.17) is 29.4 Å². The Bertz CT molecular complexity index is 2250. The predicted molar refractivity (Wildman–Crippen MR) is 232 cm³/mol. The number of fused-ring (bicyclic) bond motifs is 4. The van der Waals surface area contributed by atoms with Crippen LogP contribution in [0, 0.1) is 5.92 Å². The molecular weight excluding hydrogens is 815 g/mol. The first-order valence-electron chi connectivity index (χ1n) is 21.2. The van der Waals surface area contributed by atoms with Crippen molar-refractivity contribution in [3.8, 4) is 23.0 Å². The standard InChI is InChI=1S/C45H55N7O11/c1-25(2)39(46)41(54)48-26(3)40(53)49-28-11-9-27(10-12-28)24-63-45(58)52-34-22-38(36(60-5)20-31(34)43(56)51-16-14-33(51)44(52)57)62-18-8-6-7-17-61-37-21-32-30(19-35(37)59-4)42(55)50-15-13-29(50)23-47-32/h9-12,19-23,25-26,29,33,39,44,57H,6-8,13-18,24,46H2,1-5H3,(H,48,54)(H,49,53)/t26-,29-,33-,39-,44-/m0/s1. The van der Waals surface area contributed by atoms with Gasteiger partial charge in [-0.05, 0) is 74.8 Å². The number of nitrogens with one attached hydrogen (secondary N) is 2. The van der Waals surface area contributed by atoms with Crippen molar-refractivity contribution >= 4 is 53.0 Å². The fourth-order valence-electron chi connectivity index (χ4n) is 7.64. The van der Waals surface area contributed by atoms with Gasteiger partial charge < -0.3 is 55.0 Å². The number of carbonyl (C=O) groups excluding carboxylic acids is 5. The molecule has 3 aromatic rings. The number of nitrogens with zero attached hydrogens (tertiary/aromatic N) is 4. The van der Waals surface area contributed by atoms with E-state index < -0.39 is 42.3 Å². The number of rotatable bonds is 17. The number of aliphatic imine (C=N–C) groups is 1. The van der Waals surface area contributed by atoms with Gasteiger partial charge in [0.05, 0.1) is 68.1 Å². The smallest absolute Gasteiger partial charge is 0.416 e. The molecule has 7 rings (SSSR count). The Morgan fingerprint density at radius 2 is 1.46 bits per heavy atom. The molecule has 0 unspecified atom stereocenters. The average Bonchev–Trinajstić information content (AvgIpc) is 3.36. The minimum Gasteiger partial charge on any atom is -0.493 e. The van der Waals surface area contributed by atoms with Gasteiger partial charge in [0.25, 0.3) is 11.8 Å². The maximum Gasteiger partial charge on any atom is 0.416 e. The van der Waals surface area contributed by atoms with E-state index in [2.05, 4.69) is 15.6 Å². The number of nitrogens with two attached hydrogens (primary N) is 1. The van der Waals surface area contributed by atoms with Crippen molar-refractivity contribution in [3.05, 3.63) is 65.2 Å². The van der Waals surface area contributed by atoms with Gasteiger partial charge in [-0.3, -0.25) is 24.2 Å². The monoisotopic (exact) mass is 869 g/mol. The summed E-state index contributed by atoms with van der Waals surface area (Å²) in [7, 11) is 2.99. The summed E-state index contributed by atoms with van der Waals surface area (Å²) in [5.74, 6) is 0.158. The summed E-state index contributed by atoms with van der Waals surface area (Å²) < 4.78 is 29.1. The molecule has 5 N–H and O–H groups in total. The first-order chi connectivity index (χ1) is 30.3. The normalized spacial score (nSPS) is 19.4. The number of hydrogen-bond acceptors (Lipinski definition) is 13. The molecule has 63 heavy (non-hydrogen) atoms. The zero-order chi connectivity index (χ0) is 44.9. The third-order valence-electron chi connectivity index (χ3n) is 11.8. The molecule has 0 radical (unpaired) electrons. The Hall–Kier alpha value is -6.40. The van der Waals surface area contributed by atoms with Crippen LogP contribution in [0.4, 0.5) is 21.9 Å². The van der Waals surface area contributed by atoms with Gasteiger partial charge in [-0.15, -0.1) is 0 Å². The average molecular weight is 870 g/mol. The van der Waals surface area contributed by atoms with Gasteiger partial charge in [-0.2, -0.15) is 0 Å². The molecule has 0 spiro atoms. The van der Waals surface area contributed by atoms with Crippen LogP contribution in [0.2, 0.25) is 0 Å². The van der Waals surface area contributed by atoms with Crippen molar-refractivity contribution in [2.75, 3.05) is 50.7 Å². The number of unbranched alkanes of at least 4 members (excludes halogenated alkanes) is 2. The molecule has 0 aliphatic carbocycles. The third kappa shape index (κ3) is 9.51. The zero-order valence-corrected chi connectivity index (χ0v) is 36.1. The number of ether oxygens (including phenoxy) is 5. The number of aliphatic hydroxyl groups is 1. The maximum absolute atomic E-state index is 13.8. The molecule has 3 aromatic carbocycles. The number of hydrogen-bond donors (Lipinski definition) is 4. The minimum atomic E-state index is -1.40. The molecule has 5 atom stereocenters. The number of benzene rings is 3. The van der Waals surface area contributed by atoms with Crippen LogP contribution in [0.25, 0.3) is 0 Å². The van der Waals surface area contributed by atoms with Crippen molar-refractivity contribution in [3.63, 3.8) is 0 Å². The van der Waals surface area contributed by atoms with E-state index in [1.807, 2.05) is 13.8 Å². The number of methoxy groups -OCH3 is 2. The third-order valence-corrected chi connectivity index (χ3v) is 11.8. The van der Waals surface area contributed by atoms with Crippen LogP contribution in [-0.2, 0) is 20.9 Å². The number of anilines is 2. The first-order valence-corrected chi connectivity index (χ1v) is 21.2. The van der Waals surface area contributed by atoms with Crippen LogP contribution in [0.5, 0.6) is 23.0 Å². The molecular formula is C45H55N7O11. The first kappa shape index (κ1) is 44.6. The molecule has 2 fully saturated rings. The minimum absolute atomic E-state index is 0.0198. The number of amides is 5. The fraction of sp³-hybridized carbons (Fsp3) is 0.467. The van der Waals surface area contributed by atoms with E-state index in [-0.39, 0.29) is 59.7 Å². The van der Waals surface area contributed by atoms with E-state index in [1.165, 1.54) is 31.3 Å². The summed E-state index contributed by atoms with van der Waals surface area (Å²) in [5.41, 5.74) is 8.26. The molecule has 5 amide bonds. The Morgan fingerprint density at radius 1 is 0.825 bits per heavy atom. The van der Waals surface area contributed by atoms with Crippen molar-refractivity contribution in [2.24, 2.45) is 16.6 Å². The van der Waals surface area contributed by atoms with Crippen molar-refractivity contribution in [2.45, 2.75) is 89.9 Å². The van der Waals surface area contributed by atoms with Crippen molar-refractivity contribution in [1.82, 2.24) is 15.1 Å². The molecule has 4 aliphatic rings. The summed E-state index contributed by atoms with van der Waals surface area (Å²) in [6, 6.07) is 10.9. The summed E-state index contributed by atoms with van der Waals surface area (Å²) in [5, 5.41) is 16.9. The summed E-state index contributed by atoms with van der Waals surface area (Å²) in [6.07, 6.45) is 2.97. The van der Waals surface area contributed by atoms with Gasteiger partial charge in [0.2, 0.25) is 11.8 Å². The fourth-order valence-corrected chi connectivity index (χ4v) is 7.64. The summed E-state index contributed by atoms with van der Waals surface area (Å²) in [4.78, 5) is 74.5. The highest BCUT2D eigenvalue weighted by molar-refractivity contribution is 6.06. The van der Waals surface area contributed by atoms with E-state index in [9.17, 15) is 29.1 Å². The quantitative estimate of drug-likeness (QED) is 0.139. The largest absolute Gasteiger partial charge is 0.493 e. The topological polar surface area (TPSA) is 224 Å². The molecule has 0 aromatic heterocycles.